The lowest BCUT2D eigenvalue weighted by Gasteiger charge is -2.37. The van der Waals surface area contributed by atoms with Crippen molar-refractivity contribution < 1.29 is 23.9 Å². The zero-order chi connectivity index (χ0) is 32.3. The van der Waals surface area contributed by atoms with E-state index in [1.54, 1.807) is 44.5 Å². The molecule has 0 radical (unpaired) electrons. The SMILES string of the molecule is CCOC(=O)N1CCN(C(=O)[C@@H]2[C@H]3C=C[C@]4(CN([C@H](c5ccc(Cl)cc5Cl)c5nnnn5-c5c(C)cccc5C)C(=O)[C@@H]24)O3)CC1. The van der Waals surface area contributed by atoms with Crippen molar-refractivity contribution in [1.29, 1.82) is 0 Å². The fraction of sp³-hybridized carbons (Fsp3) is 0.438. The minimum absolute atomic E-state index is 0.165. The number of carbonyl (C=O) groups excluding carboxylic acids is 3. The van der Waals surface area contributed by atoms with Gasteiger partial charge in [-0.2, -0.15) is 4.68 Å². The number of likely N-dealkylation sites (tertiary alicyclic amines) is 1. The molecule has 3 saturated heterocycles. The van der Waals surface area contributed by atoms with Crippen LogP contribution in [0.2, 0.25) is 10.0 Å². The number of aromatic nitrogens is 4. The monoisotopic (exact) mass is 665 g/mol. The first kappa shape index (κ1) is 30.6. The summed E-state index contributed by atoms with van der Waals surface area (Å²) in [6.07, 6.45) is 2.88. The Morgan fingerprint density at radius 3 is 2.50 bits per heavy atom. The van der Waals surface area contributed by atoms with Crippen LogP contribution in [0.5, 0.6) is 0 Å². The van der Waals surface area contributed by atoms with Crippen LogP contribution >= 0.6 is 23.2 Å². The Kier molecular flexibility index (Phi) is 7.77. The van der Waals surface area contributed by atoms with Crippen LogP contribution in [0.25, 0.3) is 5.69 Å². The number of para-hydroxylation sites is 1. The highest BCUT2D eigenvalue weighted by atomic mass is 35.5. The third kappa shape index (κ3) is 4.85. The maximum atomic E-state index is 14.7. The summed E-state index contributed by atoms with van der Waals surface area (Å²) in [6, 6.07) is 10.2. The second kappa shape index (κ2) is 11.7. The van der Waals surface area contributed by atoms with Crippen molar-refractivity contribution in [1.82, 2.24) is 34.9 Å². The molecule has 5 heterocycles. The average Bonchev–Trinajstić information content (AvgIpc) is 3.80. The van der Waals surface area contributed by atoms with E-state index in [0.717, 1.165) is 16.8 Å². The molecule has 3 amide bonds. The second-order valence-electron chi connectivity index (χ2n) is 12.1. The van der Waals surface area contributed by atoms with Crippen LogP contribution in [0.3, 0.4) is 0 Å². The number of benzene rings is 2. The van der Waals surface area contributed by atoms with Gasteiger partial charge in [0.1, 0.15) is 11.6 Å². The summed E-state index contributed by atoms with van der Waals surface area (Å²) in [5.41, 5.74) is 2.31. The van der Waals surface area contributed by atoms with Gasteiger partial charge < -0.3 is 24.2 Å². The van der Waals surface area contributed by atoms with E-state index < -0.39 is 35.7 Å². The molecule has 12 nitrogen and oxygen atoms in total. The van der Waals surface area contributed by atoms with E-state index in [4.69, 9.17) is 32.7 Å². The molecule has 14 heteroatoms. The van der Waals surface area contributed by atoms with Crippen LogP contribution in [-0.2, 0) is 19.1 Å². The highest BCUT2D eigenvalue weighted by Crippen LogP contribution is 2.54. The lowest BCUT2D eigenvalue weighted by molar-refractivity contribution is -0.144. The number of carbonyl (C=O) groups is 3. The minimum Gasteiger partial charge on any atom is -0.450 e. The Balaban J connectivity index is 1.24. The summed E-state index contributed by atoms with van der Waals surface area (Å²) < 4.78 is 13.3. The lowest BCUT2D eigenvalue weighted by Crippen LogP contribution is -2.54. The van der Waals surface area contributed by atoms with E-state index >= 15 is 0 Å². The van der Waals surface area contributed by atoms with Gasteiger partial charge in [0.2, 0.25) is 11.8 Å². The highest BCUT2D eigenvalue weighted by Gasteiger charge is 2.68. The van der Waals surface area contributed by atoms with Crippen molar-refractivity contribution in [3.8, 4) is 5.69 Å². The van der Waals surface area contributed by atoms with E-state index in [1.807, 2.05) is 44.2 Å². The molecule has 240 valence electrons. The fourth-order valence-electron chi connectivity index (χ4n) is 7.40. The fourth-order valence-corrected chi connectivity index (χ4v) is 7.91. The van der Waals surface area contributed by atoms with E-state index in [-0.39, 0.29) is 25.0 Å². The van der Waals surface area contributed by atoms with Gasteiger partial charge in [-0.05, 0) is 54.5 Å². The number of halogens is 2. The topological polar surface area (TPSA) is 123 Å². The zero-order valence-corrected chi connectivity index (χ0v) is 27.1. The lowest BCUT2D eigenvalue weighted by atomic mass is 9.76. The molecule has 2 aromatic carbocycles. The van der Waals surface area contributed by atoms with Crippen LogP contribution in [0.15, 0.2) is 48.6 Å². The molecule has 0 unspecified atom stereocenters. The molecule has 2 bridgehead atoms. The zero-order valence-electron chi connectivity index (χ0n) is 25.6. The number of aryl methyl sites for hydroxylation is 2. The molecular weight excluding hydrogens is 633 g/mol. The maximum Gasteiger partial charge on any atom is 0.409 e. The van der Waals surface area contributed by atoms with Crippen LogP contribution in [-0.4, -0.2) is 104 Å². The summed E-state index contributed by atoms with van der Waals surface area (Å²) in [6.45, 7) is 7.56. The summed E-state index contributed by atoms with van der Waals surface area (Å²) >= 11 is 13.1. The summed E-state index contributed by atoms with van der Waals surface area (Å²) in [7, 11) is 0. The molecule has 0 saturated carbocycles. The molecule has 3 fully saturated rings. The van der Waals surface area contributed by atoms with E-state index in [1.165, 1.54) is 0 Å². The number of amides is 3. The number of piperazine rings is 1. The molecule has 5 atom stereocenters. The van der Waals surface area contributed by atoms with Gasteiger partial charge in [-0.15, -0.1) is 5.10 Å². The third-order valence-corrected chi connectivity index (χ3v) is 10.1. The number of nitrogens with zero attached hydrogens (tertiary/aromatic N) is 7. The quantitative estimate of drug-likeness (QED) is 0.365. The Bertz CT molecular complexity index is 1740. The minimum atomic E-state index is -0.997. The van der Waals surface area contributed by atoms with Crippen molar-refractivity contribution in [2.75, 3.05) is 39.3 Å². The number of hydrogen-bond acceptors (Lipinski definition) is 8. The normalized spacial score (nSPS) is 25.7. The smallest absolute Gasteiger partial charge is 0.409 e. The summed E-state index contributed by atoms with van der Waals surface area (Å²) in [5, 5.41) is 13.6. The van der Waals surface area contributed by atoms with Crippen molar-refractivity contribution >= 4 is 41.1 Å². The Morgan fingerprint density at radius 1 is 1.09 bits per heavy atom. The molecular formula is C32H33Cl2N7O5. The van der Waals surface area contributed by atoms with Gasteiger partial charge in [-0.3, -0.25) is 9.59 Å². The number of ether oxygens (including phenoxy) is 2. The van der Waals surface area contributed by atoms with Crippen molar-refractivity contribution in [3.05, 3.63) is 81.1 Å². The van der Waals surface area contributed by atoms with Crippen molar-refractivity contribution in [3.63, 3.8) is 0 Å². The molecule has 0 N–H and O–H groups in total. The third-order valence-electron chi connectivity index (χ3n) is 9.49. The van der Waals surface area contributed by atoms with Crippen LogP contribution < -0.4 is 0 Å². The largest absolute Gasteiger partial charge is 0.450 e. The molecule has 4 aliphatic rings. The van der Waals surface area contributed by atoms with Crippen LogP contribution in [0.4, 0.5) is 4.79 Å². The molecule has 1 aromatic heterocycles. The van der Waals surface area contributed by atoms with Gasteiger partial charge in [0.05, 0.1) is 36.8 Å². The van der Waals surface area contributed by atoms with Gasteiger partial charge in [0, 0.05) is 41.8 Å². The van der Waals surface area contributed by atoms with E-state index in [9.17, 15) is 14.4 Å². The van der Waals surface area contributed by atoms with Crippen LogP contribution in [0, 0.1) is 25.7 Å². The average molecular weight is 667 g/mol. The molecule has 0 aliphatic carbocycles. The van der Waals surface area contributed by atoms with Crippen molar-refractivity contribution in [2.45, 2.75) is 38.5 Å². The summed E-state index contributed by atoms with van der Waals surface area (Å²) in [4.78, 5) is 46.0. The van der Waals surface area contributed by atoms with Gasteiger partial charge in [-0.1, -0.05) is 59.6 Å². The summed E-state index contributed by atoms with van der Waals surface area (Å²) in [5.74, 6) is -1.49. The second-order valence-corrected chi connectivity index (χ2v) is 13.0. The van der Waals surface area contributed by atoms with Gasteiger partial charge in [-0.25, -0.2) is 4.79 Å². The molecule has 4 aliphatic heterocycles. The number of rotatable bonds is 6. The van der Waals surface area contributed by atoms with E-state index in [2.05, 4.69) is 15.5 Å². The number of tetrazole rings is 1. The predicted octanol–water partition coefficient (Wildman–Crippen LogP) is 3.76. The molecule has 3 aromatic rings. The first-order valence-electron chi connectivity index (χ1n) is 15.3. The van der Waals surface area contributed by atoms with Gasteiger partial charge in [0.15, 0.2) is 5.82 Å². The highest BCUT2D eigenvalue weighted by molar-refractivity contribution is 6.35. The van der Waals surface area contributed by atoms with Crippen molar-refractivity contribution in [2.24, 2.45) is 11.8 Å². The van der Waals surface area contributed by atoms with Gasteiger partial charge in [0.25, 0.3) is 0 Å². The van der Waals surface area contributed by atoms with Crippen LogP contribution in [0.1, 0.15) is 35.5 Å². The Morgan fingerprint density at radius 2 is 1.80 bits per heavy atom. The van der Waals surface area contributed by atoms with E-state index in [0.29, 0.717) is 47.6 Å². The maximum absolute atomic E-state index is 14.7. The molecule has 1 spiro atoms. The molecule has 7 rings (SSSR count). The standard InChI is InChI=1S/C32H33Cl2N7O5/c1-4-45-31(44)39-14-12-38(13-15-39)29(42)24-23-10-11-32(46-23)17-40(30(43)25(24)32)27(21-9-8-20(33)16-22(21)34)28-35-36-37-41(28)26-18(2)6-5-7-19(26)3/h5-11,16,23-25,27H,4,12-15,17H2,1-3H3/t23-,24-,25-,27-,32-/m1/s1. The first-order chi connectivity index (χ1) is 22.1. The molecule has 46 heavy (non-hydrogen) atoms. The predicted molar refractivity (Wildman–Crippen MR) is 168 cm³/mol. The number of hydrogen-bond donors (Lipinski definition) is 0. The first-order valence-corrected chi connectivity index (χ1v) is 16.1. The number of fused-ring (bicyclic) bond motifs is 1. The Hall–Kier alpha value is -4.00. The Labute approximate surface area is 275 Å². The van der Waals surface area contributed by atoms with Gasteiger partial charge >= 0.3 is 6.09 Å².